The number of carbonyl (C=O) groups is 1. The van der Waals surface area contributed by atoms with Crippen molar-refractivity contribution in [1.29, 1.82) is 5.26 Å². The number of benzene rings is 3. The molecule has 15 nitrogen and oxygen atoms in total. The average molecular weight is 680 g/mol. The van der Waals surface area contributed by atoms with Gasteiger partial charge in [-0.2, -0.15) is 30.5 Å². The molecule has 1 heterocycles. The third-order valence-electron chi connectivity index (χ3n) is 6.03. The van der Waals surface area contributed by atoms with E-state index in [1.54, 1.807) is 24.3 Å². The van der Waals surface area contributed by atoms with Crippen LogP contribution < -0.4 is 11.1 Å². The van der Waals surface area contributed by atoms with Crippen LogP contribution in [0.2, 0.25) is 0 Å². The number of amides is 1. The summed E-state index contributed by atoms with van der Waals surface area (Å²) in [7, 11) is -15.5. The first-order chi connectivity index (χ1) is 20.4. The number of hydrogen-bond acceptors (Lipinski definition) is 12. The van der Waals surface area contributed by atoms with Gasteiger partial charge in [0.25, 0.3) is 30.4 Å². The van der Waals surface area contributed by atoms with Crippen molar-refractivity contribution in [1.82, 2.24) is 0 Å². The summed E-state index contributed by atoms with van der Waals surface area (Å²) in [5.41, 5.74) is 6.90. The Morgan fingerprint density at radius 1 is 0.909 bits per heavy atom. The van der Waals surface area contributed by atoms with E-state index in [-0.39, 0.29) is 32.7 Å². The zero-order valence-electron chi connectivity index (χ0n) is 22.3. The summed E-state index contributed by atoms with van der Waals surface area (Å²) in [6.45, 7) is 1.86. The molecule has 19 heteroatoms. The van der Waals surface area contributed by atoms with Crippen molar-refractivity contribution in [3.63, 3.8) is 0 Å². The quantitative estimate of drug-likeness (QED) is 0.117. The third-order valence-corrected chi connectivity index (χ3v) is 9.55. The van der Waals surface area contributed by atoms with Crippen molar-refractivity contribution in [3.05, 3.63) is 54.1 Å². The van der Waals surface area contributed by atoms with Crippen LogP contribution in [0.4, 0.5) is 21.4 Å². The summed E-state index contributed by atoms with van der Waals surface area (Å²) >= 11 is 0.854. The van der Waals surface area contributed by atoms with Gasteiger partial charge in [-0.3, -0.25) is 18.5 Å². The number of carbonyl (C=O) groups excluding carboxylic acids is 1. The molecule has 0 saturated carbocycles. The first-order valence-corrected chi connectivity index (χ1v) is 17.3. The molecule has 0 aliphatic carbocycles. The number of nitriles is 1. The Labute approximate surface area is 254 Å². The molecule has 6 N–H and O–H groups in total. The Hall–Kier alpha value is -4.29. The van der Waals surface area contributed by atoms with E-state index in [0.29, 0.717) is 36.2 Å². The number of nitrogens with two attached hydrogens (primary N) is 1. The highest BCUT2D eigenvalue weighted by atomic mass is 32.2. The second-order valence-corrected chi connectivity index (χ2v) is 14.3. The molecule has 0 aliphatic rings. The van der Waals surface area contributed by atoms with Crippen LogP contribution in [0.25, 0.3) is 21.9 Å². The number of fused-ring (bicyclic) bond motifs is 1. The van der Waals surface area contributed by atoms with Gasteiger partial charge in [-0.1, -0.05) is 30.4 Å². The Balaban J connectivity index is 1.90. The van der Waals surface area contributed by atoms with Crippen LogP contribution in [-0.4, -0.2) is 44.8 Å². The van der Waals surface area contributed by atoms with Gasteiger partial charge in [0.1, 0.15) is 25.9 Å². The van der Waals surface area contributed by atoms with Crippen molar-refractivity contribution >= 4 is 79.7 Å². The number of hydrogen-bond donors (Lipinski definition) is 5. The summed E-state index contributed by atoms with van der Waals surface area (Å²) in [5.74, 6) is -0.182. The normalized spacial score (nSPS) is 12.4. The minimum Gasteiger partial charge on any atom is -0.389 e. The molecule has 1 aromatic heterocycles. The van der Waals surface area contributed by atoms with Crippen LogP contribution in [-0.2, 0) is 35.1 Å². The Morgan fingerprint density at radius 2 is 1.50 bits per heavy atom. The predicted octanol–water partition coefficient (Wildman–Crippen LogP) is 4.92. The highest BCUT2D eigenvalue weighted by molar-refractivity contribution is 7.87. The summed E-state index contributed by atoms with van der Waals surface area (Å²) in [5, 5.41) is 19.4. The maximum atomic E-state index is 12.2. The largest absolute Gasteiger partial charge is 0.389 e. The van der Waals surface area contributed by atoms with Crippen molar-refractivity contribution in [3.8, 4) is 17.2 Å². The van der Waals surface area contributed by atoms with Gasteiger partial charge in [0, 0.05) is 28.4 Å². The van der Waals surface area contributed by atoms with E-state index in [2.05, 4.69) is 15.5 Å². The van der Waals surface area contributed by atoms with Crippen LogP contribution in [0.15, 0.2) is 73.4 Å². The fourth-order valence-electron chi connectivity index (χ4n) is 4.15. The van der Waals surface area contributed by atoms with Crippen molar-refractivity contribution in [2.45, 2.75) is 34.5 Å². The average Bonchev–Trinajstić information content (AvgIpc) is 3.24. The number of nitrogens with zero attached hydrogens (tertiary/aromatic N) is 3. The highest BCUT2D eigenvalue weighted by Gasteiger charge is 2.26. The molecule has 0 spiro atoms. The van der Waals surface area contributed by atoms with Gasteiger partial charge >= 0.3 is 0 Å². The smallest absolute Gasteiger partial charge is 0.295 e. The SMILES string of the molecule is CCCC(=O)Nc1ccc(-c2c(N=Nc3cc(S(=O)(=O)O)c4cc(S(=O)(=O)O)cc(S(=O)(=O)O)c4c3)sc(N)c2C#N)cc1. The summed E-state index contributed by atoms with van der Waals surface area (Å²) in [4.78, 5) is 8.72. The molecule has 0 atom stereocenters. The zero-order chi connectivity index (χ0) is 32.6. The van der Waals surface area contributed by atoms with E-state index in [4.69, 9.17) is 5.73 Å². The van der Waals surface area contributed by atoms with Crippen LogP contribution in [0.1, 0.15) is 25.3 Å². The third kappa shape index (κ3) is 6.92. The van der Waals surface area contributed by atoms with Gasteiger partial charge in [-0.05, 0) is 48.4 Å². The monoisotopic (exact) mass is 679 g/mol. The Morgan fingerprint density at radius 3 is 2.05 bits per heavy atom. The summed E-state index contributed by atoms with van der Waals surface area (Å²) in [6.07, 6.45) is 0.983. The number of anilines is 2. The number of nitrogen functional groups attached to an aromatic ring is 1. The molecule has 0 saturated heterocycles. The molecule has 1 amide bonds. The molecule has 44 heavy (non-hydrogen) atoms. The molecule has 0 fully saturated rings. The highest BCUT2D eigenvalue weighted by Crippen LogP contribution is 2.45. The first kappa shape index (κ1) is 32.6. The minimum atomic E-state index is -5.22. The molecule has 0 unspecified atom stereocenters. The molecule has 0 radical (unpaired) electrons. The Kier molecular flexibility index (Phi) is 8.90. The van der Waals surface area contributed by atoms with Gasteiger partial charge in [0.05, 0.1) is 16.1 Å². The molecule has 230 valence electrons. The van der Waals surface area contributed by atoms with E-state index in [0.717, 1.165) is 23.5 Å². The van der Waals surface area contributed by atoms with Crippen LogP contribution >= 0.6 is 11.3 Å². The molecule has 0 bridgehead atoms. The number of thiophene rings is 1. The zero-order valence-corrected chi connectivity index (χ0v) is 25.6. The van der Waals surface area contributed by atoms with Crippen molar-refractivity contribution in [2.24, 2.45) is 10.2 Å². The van der Waals surface area contributed by atoms with E-state index >= 15 is 0 Å². The Bertz CT molecular complexity index is 2220. The molecular weight excluding hydrogens is 659 g/mol. The van der Waals surface area contributed by atoms with Crippen LogP contribution in [0.5, 0.6) is 0 Å². The van der Waals surface area contributed by atoms with Crippen LogP contribution in [0.3, 0.4) is 0 Å². The molecule has 4 aromatic rings. The number of nitrogens with one attached hydrogen (secondary N) is 1. The second kappa shape index (κ2) is 12.0. The van der Waals surface area contributed by atoms with Gasteiger partial charge < -0.3 is 11.1 Å². The lowest BCUT2D eigenvalue weighted by atomic mass is 10.0. The molecule has 4 rings (SSSR count). The van der Waals surface area contributed by atoms with Gasteiger partial charge in [0.15, 0.2) is 0 Å². The van der Waals surface area contributed by atoms with Crippen molar-refractivity contribution < 1.29 is 43.7 Å². The van der Waals surface area contributed by atoms with Gasteiger partial charge in [0.2, 0.25) is 5.91 Å². The summed E-state index contributed by atoms with van der Waals surface area (Å²) < 4.78 is 101. The standard InChI is InChI=1S/C25H21N5O10S4/c1-2-3-22(31)28-14-6-4-13(5-7-14)23-19(12-26)24(27)41-25(23)30-29-15-8-17-18(20(9-15)43(35,36)37)10-16(42(32,33)34)11-21(17)44(38,39)40/h4-11H,2-3,27H2,1H3,(H,28,31)(H,32,33,34)(H,35,36,37)(H,38,39,40). The fraction of sp³-hybridized carbons (Fsp3) is 0.120. The van der Waals surface area contributed by atoms with Gasteiger partial charge in [-0.25, -0.2) is 0 Å². The van der Waals surface area contributed by atoms with E-state index in [1.807, 2.05) is 13.0 Å². The minimum absolute atomic E-state index is 0.0512. The fourth-order valence-corrected chi connectivity index (χ4v) is 7.06. The number of rotatable bonds is 9. The summed E-state index contributed by atoms with van der Waals surface area (Å²) in [6, 6.07) is 11.0. The van der Waals surface area contributed by atoms with Crippen LogP contribution in [0, 0.1) is 11.3 Å². The molecule has 3 aromatic carbocycles. The maximum absolute atomic E-state index is 12.2. The van der Waals surface area contributed by atoms with E-state index in [9.17, 15) is 49.0 Å². The number of azo groups is 1. The van der Waals surface area contributed by atoms with E-state index in [1.165, 1.54) is 0 Å². The lowest BCUT2D eigenvalue weighted by Crippen LogP contribution is -2.10. The molecule has 0 aliphatic heterocycles. The lowest BCUT2D eigenvalue weighted by Gasteiger charge is -2.11. The first-order valence-electron chi connectivity index (χ1n) is 12.1. The van der Waals surface area contributed by atoms with Gasteiger partial charge in [-0.15, -0.1) is 10.2 Å². The topological polar surface area (TPSA) is 267 Å². The molecular formula is C25H21N5O10S4. The maximum Gasteiger partial charge on any atom is 0.295 e. The predicted molar refractivity (Wildman–Crippen MR) is 160 cm³/mol. The van der Waals surface area contributed by atoms with E-state index < -0.39 is 55.8 Å². The van der Waals surface area contributed by atoms with Crippen molar-refractivity contribution in [2.75, 3.05) is 11.1 Å². The lowest BCUT2D eigenvalue weighted by molar-refractivity contribution is -0.116. The second-order valence-electron chi connectivity index (χ2n) is 9.09.